The van der Waals surface area contributed by atoms with E-state index < -0.39 is 0 Å². The average molecular weight is 633 g/mol. The van der Waals surface area contributed by atoms with Gasteiger partial charge < -0.3 is 5.32 Å². The number of carbonyl (C=O) groups is 2. The highest BCUT2D eigenvalue weighted by Crippen LogP contribution is 2.29. The number of carbonyl (C=O) groups excluding carboxylic acids is 2. The lowest BCUT2D eigenvalue weighted by atomic mass is 9.86. The van der Waals surface area contributed by atoms with Gasteiger partial charge in [0.2, 0.25) is 0 Å². The number of nitrogens with one attached hydrogen (secondary N) is 1. The topological polar surface area (TPSA) is 70.0 Å². The van der Waals surface area contributed by atoms with Crippen molar-refractivity contribution in [3.63, 3.8) is 0 Å². The first kappa shape index (κ1) is 38.6. The van der Waals surface area contributed by atoms with Crippen LogP contribution in [0.2, 0.25) is 0 Å². The Bertz CT molecular complexity index is 1580. The third-order valence-corrected chi connectivity index (χ3v) is 8.25. The van der Waals surface area contributed by atoms with Crippen molar-refractivity contribution < 1.29 is 12.4 Å². The second kappa shape index (κ2) is 21.3. The fourth-order valence-corrected chi connectivity index (χ4v) is 5.66. The van der Waals surface area contributed by atoms with Gasteiger partial charge >= 0.3 is 0 Å². The molecule has 0 heterocycles. The first-order chi connectivity index (χ1) is 22.9. The SMILES string of the molecule is C=Cc1ccccc1C1=C/C=C/C/C(C(=O)c2ccc(CC(=O)/C=C/CNC3CCC(C=C)CC3)c(C#N)c2)=C\C=C\1C.CC.CC.[HH].[HH]. The molecule has 0 saturated heterocycles. The molecule has 47 heavy (non-hydrogen) atoms. The van der Waals surface area contributed by atoms with Crippen LogP contribution in [0.5, 0.6) is 0 Å². The standard InChI is InChI=1S/C39H40N2O2.2C2H6.2H2/c1-4-29-17-22-35(23-18-29)41-24-10-13-36(42)26-32-20-21-33(25-34(32)27-40)39(43)31-12-7-8-14-37(28(3)16-19-31)38-15-9-6-11-30(38)5-2;2*1-2;;/h4-11,13-16,19-21,25,29,35,41H,1-2,12,17-18,22-24,26H2,3H3;2*1-2H3;2*1H/b8-7+,13-10+,28-16+,31-19+,37-14+;;;;. The molecule has 2 aromatic rings. The number of nitrogens with zero attached hydrogens (tertiary/aromatic N) is 1. The van der Waals surface area contributed by atoms with Crippen molar-refractivity contribution in [1.29, 1.82) is 5.26 Å². The summed E-state index contributed by atoms with van der Waals surface area (Å²) in [5.74, 6) is 0.420. The van der Waals surface area contributed by atoms with E-state index in [0.717, 1.165) is 48.0 Å². The molecule has 0 aliphatic heterocycles. The van der Waals surface area contributed by atoms with Crippen LogP contribution in [0.15, 0.2) is 115 Å². The zero-order valence-corrected chi connectivity index (χ0v) is 29.0. The van der Waals surface area contributed by atoms with Crippen LogP contribution in [-0.2, 0) is 11.2 Å². The first-order valence-corrected chi connectivity index (χ1v) is 17.0. The fraction of sp³-hybridized carbons (Fsp3) is 0.326. The van der Waals surface area contributed by atoms with Crippen LogP contribution < -0.4 is 5.32 Å². The van der Waals surface area contributed by atoms with E-state index in [1.807, 2.05) is 89.3 Å². The third kappa shape index (κ3) is 11.6. The van der Waals surface area contributed by atoms with Gasteiger partial charge in [0.1, 0.15) is 0 Å². The maximum Gasteiger partial charge on any atom is 0.189 e. The molecule has 0 unspecified atom stereocenters. The molecular weight excluding hydrogens is 576 g/mol. The number of rotatable bonds is 11. The lowest BCUT2D eigenvalue weighted by Gasteiger charge is -2.27. The van der Waals surface area contributed by atoms with Gasteiger partial charge in [-0.05, 0) is 84.9 Å². The minimum absolute atomic E-state index is 0. The van der Waals surface area contributed by atoms with Gasteiger partial charge in [0, 0.05) is 33.0 Å². The molecule has 1 fully saturated rings. The van der Waals surface area contributed by atoms with E-state index in [4.69, 9.17) is 0 Å². The van der Waals surface area contributed by atoms with Crippen molar-refractivity contribution in [2.45, 2.75) is 79.2 Å². The van der Waals surface area contributed by atoms with Gasteiger partial charge in [-0.25, -0.2) is 0 Å². The molecule has 0 radical (unpaired) electrons. The molecule has 0 atom stereocenters. The maximum absolute atomic E-state index is 13.5. The van der Waals surface area contributed by atoms with Crippen LogP contribution in [-0.4, -0.2) is 24.2 Å². The molecule has 0 amide bonds. The van der Waals surface area contributed by atoms with Crippen molar-refractivity contribution >= 4 is 23.2 Å². The summed E-state index contributed by atoms with van der Waals surface area (Å²) in [5, 5.41) is 13.3. The van der Waals surface area contributed by atoms with Crippen LogP contribution in [0.3, 0.4) is 0 Å². The summed E-state index contributed by atoms with van der Waals surface area (Å²) < 4.78 is 0. The van der Waals surface area contributed by atoms with Crippen molar-refractivity contribution in [3.05, 3.63) is 143 Å². The molecular formula is C43H56N2O2. The largest absolute Gasteiger partial charge is 0.311 e. The quantitative estimate of drug-likeness (QED) is 0.152. The zero-order valence-electron chi connectivity index (χ0n) is 29.0. The Labute approximate surface area is 286 Å². The third-order valence-electron chi connectivity index (χ3n) is 8.25. The highest BCUT2D eigenvalue weighted by molar-refractivity contribution is 6.09. The molecule has 4 heteroatoms. The number of hydrogen-bond acceptors (Lipinski definition) is 4. The Hall–Kier alpha value is -4.59. The van der Waals surface area contributed by atoms with E-state index in [1.54, 1.807) is 24.3 Å². The molecule has 1 saturated carbocycles. The van der Waals surface area contributed by atoms with Crippen molar-refractivity contribution in [2.75, 3.05) is 6.54 Å². The maximum atomic E-state index is 13.5. The predicted molar refractivity (Wildman–Crippen MR) is 204 cm³/mol. The summed E-state index contributed by atoms with van der Waals surface area (Å²) in [6.07, 6.45) is 22.3. The molecule has 4 rings (SSSR count). The number of ketones is 2. The summed E-state index contributed by atoms with van der Waals surface area (Å²) in [5.41, 5.74) is 6.26. The highest BCUT2D eigenvalue weighted by atomic mass is 16.1. The Morgan fingerprint density at radius 1 is 1.00 bits per heavy atom. The summed E-state index contributed by atoms with van der Waals surface area (Å²) >= 11 is 0. The smallest absolute Gasteiger partial charge is 0.189 e. The van der Waals surface area contributed by atoms with Gasteiger partial charge in [-0.2, -0.15) is 5.26 Å². The van der Waals surface area contributed by atoms with Crippen molar-refractivity contribution in [2.24, 2.45) is 5.92 Å². The van der Waals surface area contributed by atoms with Gasteiger partial charge in [-0.3, -0.25) is 9.59 Å². The van der Waals surface area contributed by atoms with Gasteiger partial charge in [0.15, 0.2) is 11.6 Å². The van der Waals surface area contributed by atoms with Gasteiger partial charge in [-0.15, -0.1) is 6.58 Å². The molecule has 2 aliphatic rings. The van der Waals surface area contributed by atoms with Crippen molar-refractivity contribution in [3.8, 4) is 6.07 Å². The molecule has 2 aliphatic carbocycles. The monoisotopic (exact) mass is 632 g/mol. The van der Waals surface area contributed by atoms with Crippen LogP contribution >= 0.6 is 0 Å². The number of benzene rings is 2. The molecule has 4 nitrogen and oxygen atoms in total. The summed E-state index contributed by atoms with van der Waals surface area (Å²) in [6, 6.07) is 15.8. The zero-order chi connectivity index (χ0) is 34.6. The van der Waals surface area contributed by atoms with Gasteiger partial charge in [0.05, 0.1) is 11.6 Å². The first-order valence-electron chi connectivity index (χ1n) is 17.0. The summed E-state index contributed by atoms with van der Waals surface area (Å²) in [4.78, 5) is 26.2. The summed E-state index contributed by atoms with van der Waals surface area (Å²) in [6.45, 7) is 18.5. The van der Waals surface area contributed by atoms with E-state index in [1.165, 1.54) is 0 Å². The van der Waals surface area contributed by atoms with Gasteiger partial charge in [-0.1, -0.05) is 119 Å². The minimum Gasteiger partial charge on any atom is -0.311 e. The average Bonchev–Trinajstić information content (AvgIpc) is 3.22. The Balaban J connectivity index is 0.00000370. The van der Waals surface area contributed by atoms with E-state index in [0.29, 0.717) is 47.2 Å². The van der Waals surface area contributed by atoms with Crippen LogP contribution in [0, 0.1) is 17.2 Å². The summed E-state index contributed by atoms with van der Waals surface area (Å²) in [7, 11) is 0. The van der Waals surface area contributed by atoms with Gasteiger partial charge in [0.25, 0.3) is 0 Å². The minimum atomic E-state index is -0.133. The molecule has 0 bridgehead atoms. The molecule has 2 aromatic carbocycles. The Kier molecular flexibility index (Phi) is 17.4. The lowest BCUT2D eigenvalue weighted by molar-refractivity contribution is -0.114. The number of nitriles is 1. The van der Waals surface area contributed by atoms with E-state index in [-0.39, 0.29) is 20.8 Å². The normalized spacial score (nSPS) is 21.4. The molecule has 0 spiro atoms. The lowest BCUT2D eigenvalue weighted by Crippen LogP contribution is -2.32. The fourth-order valence-electron chi connectivity index (χ4n) is 5.66. The predicted octanol–water partition coefficient (Wildman–Crippen LogP) is 10.8. The highest BCUT2D eigenvalue weighted by Gasteiger charge is 2.18. The Morgan fingerprint density at radius 2 is 1.72 bits per heavy atom. The second-order valence-corrected chi connectivity index (χ2v) is 11.2. The van der Waals surface area contributed by atoms with Crippen LogP contribution in [0.25, 0.3) is 11.6 Å². The van der Waals surface area contributed by atoms with Crippen LogP contribution in [0.4, 0.5) is 0 Å². The number of hydrogen-bond donors (Lipinski definition) is 1. The molecule has 1 N–H and O–H groups in total. The number of Topliss-reactive ketones (excluding diaryl/α,β-unsaturated/α-hetero) is 1. The van der Waals surface area contributed by atoms with Crippen LogP contribution in [0.1, 0.15) is 102 Å². The van der Waals surface area contributed by atoms with E-state index >= 15 is 0 Å². The van der Waals surface area contributed by atoms with E-state index in [9.17, 15) is 14.9 Å². The second-order valence-electron chi connectivity index (χ2n) is 11.2. The molecule has 0 aromatic heterocycles. The van der Waals surface area contributed by atoms with Crippen molar-refractivity contribution in [1.82, 2.24) is 5.32 Å². The molecule has 250 valence electrons. The number of allylic oxidation sites excluding steroid dienone is 10. The van der Waals surface area contributed by atoms with E-state index in [2.05, 4.69) is 42.8 Å². The Morgan fingerprint density at radius 3 is 2.40 bits per heavy atom.